The Kier molecular flexibility index (Phi) is 3.19. The molecule has 0 aliphatic carbocycles. The number of thiophene rings is 1. The first-order valence-corrected chi connectivity index (χ1v) is 6.15. The maximum atomic E-state index is 11.9. The first kappa shape index (κ1) is 11.1. The van der Waals surface area contributed by atoms with Gasteiger partial charge in [-0.05, 0) is 30.4 Å². The van der Waals surface area contributed by atoms with Gasteiger partial charge in [0.25, 0.3) is 0 Å². The number of ketones is 1. The summed E-state index contributed by atoms with van der Waals surface area (Å²) < 4.78 is 1.81. The van der Waals surface area contributed by atoms with E-state index >= 15 is 0 Å². The predicted octanol–water partition coefficient (Wildman–Crippen LogP) is 2.61. The van der Waals surface area contributed by atoms with Crippen molar-refractivity contribution in [3.63, 3.8) is 0 Å². The molecule has 0 amide bonds. The maximum Gasteiger partial charge on any atom is 0.164 e. The van der Waals surface area contributed by atoms with Gasteiger partial charge in [-0.1, -0.05) is 0 Å². The molecule has 0 radical (unpaired) electrons. The van der Waals surface area contributed by atoms with Crippen LogP contribution in [0.5, 0.6) is 0 Å². The third-order valence-corrected chi connectivity index (χ3v) is 3.55. The lowest BCUT2D eigenvalue weighted by molar-refractivity contribution is 0.0982. The van der Waals surface area contributed by atoms with Gasteiger partial charge in [0, 0.05) is 36.3 Å². The zero-order valence-electron chi connectivity index (χ0n) is 9.43. The number of rotatable bonds is 4. The van der Waals surface area contributed by atoms with Crippen LogP contribution in [-0.2, 0) is 13.5 Å². The molecule has 0 aromatic carbocycles. The van der Waals surface area contributed by atoms with Crippen LogP contribution in [0.1, 0.15) is 28.0 Å². The van der Waals surface area contributed by atoms with Gasteiger partial charge in [-0.2, -0.15) is 16.4 Å². The second kappa shape index (κ2) is 4.61. The SMILES string of the molecule is Cc1cscc1C(=O)CCc1ccnn1C. The van der Waals surface area contributed by atoms with E-state index < -0.39 is 0 Å². The Hall–Kier alpha value is -1.42. The molecule has 2 rings (SSSR count). The van der Waals surface area contributed by atoms with Crippen molar-refractivity contribution < 1.29 is 4.79 Å². The number of hydrogen-bond acceptors (Lipinski definition) is 3. The molecule has 0 saturated heterocycles. The highest BCUT2D eigenvalue weighted by Gasteiger charge is 2.10. The standard InChI is InChI=1S/C12H14N2OS/c1-9-7-16-8-11(9)12(15)4-3-10-5-6-13-14(10)2/h5-8H,3-4H2,1-2H3. The van der Waals surface area contributed by atoms with Crippen LogP contribution in [-0.4, -0.2) is 15.6 Å². The van der Waals surface area contributed by atoms with E-state index in [4.69, 9.17) is 0 Å². The molecule has 0 aliphatic heterocycles. The Morgan fingerprint density at radius 2 is 2.31 bits per heavy atom. The summed E-state index contributed by atoms with van der Waals surface area (Å²) in [4.78, 5) is 11.9. The van der Waals surface area contributed by atoms with Crippen LogP contribution < -0.4 is 0 Å². The van der Waals surface area contributed by atoms with E-state index in [9.17, 15) is 4.79 Å². The molecule has 0 spiro atoms. The molecule has 2 heterocycles. The van der Waals surface area contributed by atoms with Gasteiger partial charge in [0.2, 0.25) is 0 Å². The minimum atomic E-state index is 0.222. The molecule has 0 N–H and O–H groups in total. The molecule has 2 aromatic heterocycles. The van der Waals surface area contributed by atoms with E-state index in [0.717, 1.165) is 23.2 Å². The van der Waals surface area contributed by atoms with Gasteiger partial charge in [-0.25, -0.2) is 0 Å². The van der Waals surface area contributed by atoms with Crippen LogP contribution in [0.3, 0.4) is 0 Å². The molecule has 0 saturated carbocycles. The zero-order chi connectivity index (χ0) is 11.5. The quantitative estimate of drug-likeness (QED) is 0.762. The van der Waals surface area contributed by atoms with Crippen LogP contribution in [0.2, 0.25) is 0 Å². The molecular formula is C12H14N2OS. The topological polar surface area (TPSA) is 34.9 Å². The van der Waals surface area contributed by atoms with E-state index in [1.807, 2.05) is 35.5 Å². The van der Waals surface area contributed by atoms with E-state index in [0.29, 0.717) is 6.42 Å². The maximum absolute atomic E-state index is 11.9. The van der Waals surface area contributed by atoms with Crippen molar-refractivity contribution in [2.75, 3.05) is 0 Å². The minimum Gasteiger partial charge on any atom is -0.294 e. The van der Waals surface area contributed by atoms with Crippen molar-refractivity contribution in [3.05, 3.63) is 39.8 Å². The third kappa shape index (κ3) is 2.22. The molecular weight excluding hydrogens is 220 g/mol. The Bertz CT molecular complexity index is 499. The molecule has 2 aromatic rings. The lowest BCUT2D eigenvalue weighted by Gasteiger charge is -2.01. The highest BCUT2D eigenvalue weighted by molar-refractivity contribution is 7.08. The van der Waals surface area contributed by atoms with Gasteiger partial charge in [0.1, 0.15) is 0 Å². The number of carbonyl (C=O) groups is 1. The fraction of sp³-hybridized carbons (Fsp3) is 0.333. The van der Waals surface area contributed by atoms with E-state index in [1.54, 1.807) is 17.5 Å². The first-order valence-electron chi connectivity index (χ1n) is 5.21. The summed E-state index contributed by atoms with van der Waals surface area (Å²) in [6, 6.07) is 1.95. The van der Waals surface area contributed by atoms with Crippen LogP contribution in [0.4, 0.5) is 0 Å². The Morgan fingerprint density at radius 1 is 1.50 bits per heavy atom. The lowest BCUT2D eigenvalue weighted by Crippen LogP contribution is -2.04. The molecule has 16 heavy (non-hydrogen) atoms. The number of carbonyl (C=O) groups excluding carboxylic acids is 1. The van der Waals surface area contributed by atoms with Crippen LogP contribution >= 0.6 is 11.3 Å². The summed E-state index contributed by atoms with van der Waals surface area (Å²) in [5.41, 5.74) is 3.05. The van der Waals surface area contributed by atoms with Crippen molar-refractivity contribution in [3.8, 4) is 0 Å². The predicted molar refractivity (Wildman–Crippen MR) is 64.9 cm³/mol. The van der Waals surface area contributed by atoms with Crippen molar-refractivity contribution in [1.82, 2.24) is 9.78 Å². The first-order chi connectivity index (χ1) is 7.68. The fourth-order valence-corrected chi connectivity index (χ4v) is 2.52. The average Bonchev–Trinajstić information content (AvgIpc) is 2.84. The molecule has 0 unspecified atom stereocenters. The Morgan fingerprint density at radius 3 is 2.88 bits per heavy atom. The lowest BCUT2D eigenvalue weighted by atomic mass is 10.1. The van der Waals surface area contributed by atoms with Crippen molar-refractivity contribution >= 4 is 17.1 Å². The zero-order valence-corrected chi connectivity index (χ0v) is 10.3. The van der Waals surface area contributed by atoms with E-state index in [2.05, 4.69) is 5.10 Å². The Balaban J connectivity index is 1.99. The average molecular weight is 234 g/mol. The van der Waals surface area contributed by atoms with Crippen molar-refractivity contribution in [2.24, 2.45) is 7.05 Å². The van der Waals surface area contributed by atoms with Crippen molar-refractivity contribution in [2.45, 2.75) is 19.8 Å². The number of hydrogen-bond donors (Lipinski definition) is 0. The van der Waals surface area contributed by atoms with Gasteiger partial charge in [0.05, 0.1) is 0 Å². The van der Waals surface area contributed by atoms with Crippen LogP contribution in [0, 0.1) is 6.92 Å². The summed E-state index contributed by atoms with van der Waals surface area (Å²) in [6.45, 7) is 1.98. The number of aryl methyl sites for hydroxylation is 3. The monoisotopic (exact) mass is 234 g/mol. The van der Waals surface area contributed by atoms with E-state index in [1.165, 1.54) is 0 Å². The van der Waals surface area contributed by atoms with Crippen molar-refractivity contribution in [1.29, 1.82) is 0 Å². The van der Waals surface area contributed by atoms with Crippen LogP contribution in [0.15, 0.2) is 23.0 Å². The largest absolute Gasteiger partial charge is 0.294 e. The highest BCUT2D eigenvalue weighted by Crippen LogP contribution is 2.16. The summed E-state index contributed by atoms with van der Waals surface area (Å²) in [6.07, 6.45) is 3.07. The van der Waals surface area contributed by atoms with Gasteiger partial charge in [-0.3, -0.25) is 9.48 Å². The molecule has 3 nitrogen and oxygen atoms in total. The second-order valence-corrected chi connectivity index (χ2v) is 4.58. The van der Waals surface area contributed by atoms with E-state index in [-0.39, 0.29) is 5.78 Å². The summed E-state index contributed by atoms with van der Waals surface area (Å²) in [5, 5.41) is 8.02. The van der Waals surface area contributed by atoms with Gasteiger partial charge >= 0.3 is 0 Å². The third-order valence-electron chi connectivity index (χ3n) is 2.69. The van der Waals surface area contributed by atoms with Gasteiger partial charge < -0.3 is 0 Å². The second-order valence-electron chi connectivity index (χ2n) is 3.84. The van der Waals surface area contributed by atoms with Crippen LogP contribution in [0.25, 0.3) is 0 Å². The number of nitrogens with zero attached hydrogens (tertiary/aromatic N) is 2. The number of aromatic nitrogens is 2. The Labute approximate surface area is 98.7 Å². The molecule has 0 fully saturated rings. The molecule has 84 valence electrons. The molecule has 0 bridgehead atoms. The highest BCUT2D eigenvalue weighted by atomic mass is 32.1. The van der Waals surface area contributed by atoms with Gasteiger partial charge in [0.15, 0.2) is 5.78 Å². The summed E-state index contributed by atoms with van der Waals surface area (Å²) in [5.74, 6) is 0.222. The van der Waals surface area contributed by atoms with Gasteiger partial charge in [-0.15, -0.1) is 0 Å². The molecule has 0 aliphatic rings. The number of Topliss-reactive ketones (excluding diaryl/α,β-unsaturated/α-hetero) is 1. The molecule has 0 atom stereocenters. The smallest absolute Gasteiger partial charge is 0.164 e. The summed E-state index contributed by atoms with van der Waals surface area (Å²) in [7, 11) is 1.90. The molecule has 4 heteroatoms. The summed E-state index contributed by atoms with van der Waals surface area (Å²) >= 11 is 1.58. The minimum absolute atomic E-state index is 0.222. The fourth-order valence-electron chi connectivity index (χ4n) is 1.67. The normalized spacial score (nSPS) is 10.6.